The Morgan fingerprint density at radius 2 is 2.04 bits per heavy atom. The summed E-state index contributed by atoms with van der Waals surface area (Å²) in [6.45, 7) is 1.86. The molecule has 130 valence electrons. The first-order valence-electron chi connectivity index (χ1n) is 7.10. The topological polar surface area (TPSA) is 74.8 Å². The van der Waals surface area contributed by atoms with E-state index < -0.39 is 0 Å². The van der Waals surface area contributed by atoms with Gasteiger partial charge in [0.05, 0.1) is 13.2 Å². The van der Waals surface area contributed by atoms with Crippen LogP contribution in [0.4, 0.5) is 0 Å². The van der Waals surface area contributed by atoms with Gasteiger partial charge in [0.1, 0.15) is 0 Å². The van der Waals surface area contributed by atoms with E-state index >= 15 is 0 Å². The monoisotopic (exact) mass is 454 g/mol. The van der Waals surface area contributed by atoms with Gasteiger partial charge < -0.3 is 20.7 Å². The third kappa shape index (κ3) is 10.4. The maximum atomic E-state index is 11.5. The molecule has 0 atom stereocenters. The van der Waals surface area contributed by atoms with Crippen LogP contribution in [0.5, 0.6) is 0 Å². The first-order valence-corrected chi connectivity index (χ1v) is 7.48. The van der Waals surface area contributed by atoms with Crippen LogP contribution in [-0.2, 0) is 16.0 Å². The molecule has 1 aromatic carbocycles. The maximum absolute atomic E-state index is 11.5. The van der Waals surface area contributed by atoms with Crippen molar-refractivity contribution in [1.29, 1.82) is 0 Å². The normalized spacial score (nSPS) is 10.7. The lowest BCUT2D eigenvalue weighted by molar-refractivity contribution is -0.120. The molecule has 0 aliphatic heterocycles. The number of nitrogens with one attached hydrogen (secondary N) is 3. The number of carbonyl (C=O) groups excluding carboxylic acids is 1. The van der Waals surface area contributed by atoms with Crippen LogP contribution in [0.2, 0.25) is 5.02 Å². The van der Waals surface area contributed by atoms with E-state index in [1.54, 1.807) is 14.2 Å². The Bertz CT molecular complexity index is 500. The third-order valence-electron chi connectivity index (χ3n) is 2.86. The predicted molar refractivity (Wildman–Crippen MR) is 105 cm³/mol. The minimum absolute atomic E-state index is 0. The second-order valence-electron chi connectivity index (χ2n) is 4.58. The van der Waals surface area contributed by atoms with Gasteiger partial charge in [-0.2, -0.15) is 0 Å². The summed E-state index contributed by atoms with van der Waals surface area (Å²) < 4.78 is 4.86. The Morgan fingerprint density at radius 1 is 1.26 bits per heavy atom. The molecule has 3 N–H and O–H groups in total. The van der Waals surface area contributed by atoms with Gasteiger partial charge in [0.25, 0.3) is 0 Å². The minimum atomic E-state index is -0.102. The number of halogens is 2. The van der Waals surface area contributed by atoms with Gasteiger partial charge in [-0.3, -0.25) is 9.79 Å². The van der Waals surface area contributed by atoms with Crippen molar-refractivity contribution in [2.24, 2.45) is 4.99 Å². The zero-order valence-corrected chi connectivity index (χ0v) is 16.5. The molecule has 0 aromatic heterocycles. The minimum Gasteiger partial charge on any atom is -0.383 e. The van der Waals surface area contributed by atoms with Crippen LogP contribution in [0.15, 0.2) is 29.3 Å². The lowest BCUT2D eigenvalue weighted by Gasteiger charge is -2.12. The fourth-order valence-electron chi connectivity index (χ4n) is 1.76. The number of methoxy groups -OCH3 is 1. The van der Waals surface area contributed by atoms with Gasteiger partial charge in [0.2, 0.25) is 5.91 Å². The van der Waals surface area contributed by atoms with Gasteiger partial charge in [-0.05, 0) is 24.1 Å². The number of carbonyl (C=O) groups is 1. The van der Waals surface area contributed by atoms with Crippen molar-refractivity contribution in [2.45, 2.75) is 6.42 Å². The van der Waals surface area contributed by atoms with Crippen LogP contribution in [0.3, 0.4) is 0 Å². The fourth-order valence-corrected chi connectivity index (χ4v) is 1.97. The average Bonchev–Trinajstić information content (AvgIpc) is 2.51. The summed E-state index contributed by atoms with van der Waals surface area (Å²) in [6, 6.07) is 7.73. The Morgan fingerprint density at radius 3 is 2.70 bits per heavy atom. The van der Waals surface area contributed by atoms with Crippen molar-refractivity contribution in [3.05, 3.63) is 34.9 Å². The highest BCUT2D eigenvalue weighted by atomic mass is 127. The second-order valence-corrected chi connectivity index (χ2v) is 5.01. The number of ether oxygens (including phenoxy) is 1. The van der Waals surface area contributed by atoms with E-state index in [1.165, 1.54) is 0 Å². The van der Waals surface area contributed by atoms with E-state index in [9.17, 15) is 4.79 Å². The zero-order chi connectivity index (χ0) is 16.2. The molecule has 0 aliphatic rings. The third-order valence-corrected chi connectivity index (χ3v) is 3.10. The van der Waals surface area contributed by atoms with Crippen molar-refractivity contribution in [3.63, 3.8) is 0 Å². The first kappa shape index (κ1) is 21.9. The highest BCUT2D eigenvalue weighted by Gasteiger charge is 2.03. The molecule has 0 aliphatic carbocycles. The number of hydrogen-bond donors (Lipinski definition) is 3. The molecule has 6 nitrogen and oxygen atoms in total. The summed E-state index contributed by atoms with van der Waals surface area (Å²) in [5.74, 6) is 0.485. The quantitative estimate of drug-likeness (QED) is 0.240. The van der Waals surface area contributed by atoms with Gasteiger partial charge in [-0.25, -0.2) is 0 Å². The van der Waals surface area contributed by atoms with Gasteiger partial charge >= 0.3 is 0 Å². The van der Waals surface area contributed by atoms with Gasteiger partial charge in [0, 0.05) is 32.3 Å². The molecule has 1 rings (SSSR count). The van der Waals surface area contributed by atoms with Gasteiger partial charge in [-0.1, -0.05) is 23.7 Å². The number of benzene rings is 1. The number of nitrogens with zero attached hydrogens (tertiary/aromatic N) is 1. The number of aliphatic imine (C=N–C) groups is 1. The largest absolute Gasteiger partial charge is 0.383 e. The summed E-state index contributed by atoms with van der Waals surface area (Å²) in [4.78, 5) is 15.6. The smallest absolute Gasteiger partial charge is 0.239 e. The molecule has 0 spiro atoms. The molecule has 0 saturated heterocycles. The van der Waals surface area contributed by atoms with Crippen LogP contribution >= 0.6 is 35.6 Å². The maximum Gasteiger partial charge on any atom is 0.239 e. The van der Waals surface area contributed by atoms with Crippen LogP contribution in [0, 0.1) is 0 Å². The number of hydrogen-bond acceptors (Lipinski definition) is 3. The molecule has 1 aromatic rings. The SMILES string of the molecule is CN=C(NCCc1cccc(Cl)c1)NCC(=O)NCCOC.I. The van der Waals surface area contributed by atoms with Crippen molar-refractivity contribution in [2.75, 3.05) is 40.4 Å². The summed E-state index contributed by atoms with van der Waals surface area (Å²) in [7, 11) is 3.26. The molecule has 0 bridgehead atoms. The standard InChI is InChI=1S/C15H23ClN4O2.HI/c1-17-15(20-11-14(21)18-8-9-22-2)19-7-6-12-4-3-5-13(16)10-12;/h3-5,10H,6-9,11H2,1-2H3,(H,18,21)(H2,17,19,20);1H. The highest BCUT2D eigenvalue weighted by Crippen LogP contribution is 2.10. The molecular weight excluding hydrogens is 431 g/mol. The predicted octanol–water partition coefficient (Wildman–Crippen LogP) is 1.43. The van der Waals surface area contributed by atoms with Crippen LogP contribution in [0.1, 0.15) is 5.56 Å². The number of rotatable bonds is 8. The summed E-state index contributed by atoms with van der Waals surface area (Å²) in [6.07, 6.45) is 0.821. The molecule has 23 heavy (non-hydrogen) atoms. The first-order chi connectivity index (χ1) is 10.7. The van der Waals surface area contributed by atoms with Gasteiger partial charge in [0.15, 0.2) is 5.96 Å². The lowest BCUT2D eigenvalue weighted by Crippen LogP contribution is -2.44. The number of guanidine groups is 1. The van der Waals surface area contributed by atoms with Crippen molar-refractivity contribution >= 4 is 47.4 Å². The second kappa shape index (κ2) is 13.4. The van der Waals surface area contributed by atoms with Crippen molar-refractivity contribution in [1.82, 2.24) is 16.0 Å². The van der Waals surface area contributed by atoms with Crippen molar-refractivity contribution < 1.29 is 9.53 Å². The van der Waals surface area contributed by atoms with E-state index in [2.05, 4.69) is 20.9 Å². The Labute approximate surface area is 159 Å². The lowest BCUT2D eigenvalue weighted by atomic mass is 10.1. The van der Waals surface area contributed by atoms with Crippen LogP contribution in [-0.4, -0.2) is 52.3 Å². The molecule has 0 saturated carbocycles. The molecule has 0 radical (unpaired) electrons. The Hall–Kier alpha value is -1.06. The summed E-state index contributed by atoms with van der Waals surface area (Å²) in [5, 5.41) is 9.56. The van der Waals surface area contributed by atoms with E-state index in [-0.39, 0.29) is 36.4 Å². The number of amides is 1. The van der Waals surface area contributed by atoms with Crippen LogP contribution < -0.4 is 16.0 Å². The summed E-state index contributed by atoms with van der Waals surface area (Å²) in [5.41, 5.74) is 1.15. The molecule has 1 amide bonds. The van der Waals surface area contributed by atoms with E-state index in [0.29, 0.717) is 25.7 Å². The van der Waals surface area contributed by atoms with E-state index in [0.717, 1.165) is 17.0 Å². The Kier molecular flexibility index (Phi) is 12.8. The summed E-state index contributed by atoms with van der Waals surface area (Å²) >= 11 is 5.94. The average molecular weight is 455 g/mol. The molecular formula is C15H24ClIN4O2. The fraction of sp³-hybridized carbons (Fsp3) is 0.467. The Balaban J connectivity index is 0.00000484. The van der Waals surface area contributed by atoms with E-state index in [1.807, 2.05) is 24.3 Å². The highest BCUT2D eigenvalue weighted by molar-refractivity contribution is 14.0. The molecule has 8 heteroatoms. The molecule has 0 fully saturated rings. The molecule has 0 unspecified atom stereocenters. The van der Waals surface area contributed by atoms with E-state index in [4.69, 9.17) is 16.3 Å². The zero-order valence-electron chi connectivity index (χ0n) is 13.4. The molecule has 0 heterocycles. The van der Waals surface area contributed by atoms with Crippen LogP contribution in [0.25, 0.3) is 0 Å². The van der Waals surface area contributed by atoms with Crippen molar-refractivity contribution in [3.8, 4) is 0 Å². The van der Waals surface area contributed by atoms with Gasteiger partial charge in [-0.15, -0.1) is 24.0 Å².